The molecular formula is C8H8BrN3. The van der Waals surface area contributed by atoms with Crippen LogP contribution in [0.1, 0.15) is 5.69 Å². The molecule has 0 aliphatic carbocycles. The third-order valence-electron chi connectivity index (χ3n) is 1.78. The van der Waals surface area contributed by atoms with Gasteiger partial charge in [-0.3, -0.25) is 0 Å². The molecular weight excluding hydrogens is 218 g/mol. The number of hydrogen-bond acceptors (Lipinski definition) is 2. The van der Waals surface area contributed by atoms with Crippen molar-refractivity contribution in [2.75, 3.05) is 0 Å². The molecule has 2 rings (SSSR count). The Morgan fingerprint density at radius 1 is 1.50 bits per heavy atom. The Kier molecular flexibility index (Phi) is 1.86. The van der Waals surface area contributed by atoms with E-state index in [0.29, 0.717) is 6.54 Å². The van der Waals surface area contributed by atoms with Gasteiger partial charge in [-0.25, -0.2) is 4.52 Å². The van der Waals surface area contributed by atoms with Crippen molar-refractivity contribution in [3.05, 3.63) is 34.6 Å². The molecule has 0 radical (unpaired) electrons. The molecule has 2 N–H and O–H groups in total. The average Bonchev–Trinajstić information content (AvgIpc) is 2.48. The predicted octanol–water partition coefficient (Wildman–Crippen LogP) is 1.56. The van der Waals surface area contributed by atoms with Gasteiger partial charge in [-0.05, 0) is 28.1 Å². The van der Waals surface area contributed by atoms with Crippen LogP contribution < -0.4 is 5.73 Å². The van der Waals surface area contributed by atoms with Crippen LogP contribution in [0.25, 0.3) is 5.52 Å². The molecule has 0 spiro atoms. The number of rotatable bonds is 1. The summed E-state index contributed by atoms with van der Waals surface area (Å²) in [6, 6.07) is 5.94. The van der Waals surface area contributed by atoms with Gasteiger partial charge in [0.2, 0.25) is 0 Å². The third-order valence-corrected chi connectivity index (χ3v) is 2.39. The van der Waals surface area contributed by atoms with Gasteiger partial charge in [0.05, 0.1) is 21.9 Å². The molecule has 0 unspecified atom stereocenters. The van der Waals surface area contributed by atoms with Crippen LogP contribution in [0.2, 0.25) is 0 Å². The Morgan fingerprint density at radius 2 is 2.33 bits per heavy atom. The van der Waals surface area contributed by atoms with Crippen LogP contribution in [0, 0.1) is 0 Å². The van der Waals surface area contributed by atoms with Gasteiger partial charge in [0.25, 0.3) is 0 Å². The van der Waals surface area contributed by atoms with Gasteiger partial charge in [-0.15, -0.1) is 0 Å². The summed E-state index contributed by atoms with van der Waals surface area (Å²) in [5, 5.41) is 4.18. The van der Waals surface area contributed by atoms with Crippen molar-refractivity contribution in [1.29, 1.82) is 0 Å². The number of fused-ring (bicyclic) bond motifs is 1. The second-order valence-electron chi connectivity index (χ2n) is 2.51. The number of aromatic nitrogens is 2. The lowest BCUT2D eigenvalue weighted by atomic mass is 10.3. The number of nitrogens with two attached hydrogens (primary N) is 1. The summed E-state index contributed by atoms with van der Waals surface area (Å²) >= 11 is 3.41. The van der Waals surface area contributed by atoms with Gasteiger partial charge in [0, 0.05) is 6.54 Å². The highest BCUT2D eigenvalue weighted by molar-refractivity contribution is 9.10. The maximum Gasteiger partial charge on any atom is 0.0807 e. The van der Waals surface area contributed by atoms with Gasteiger partial charge in [-0.1, -0.05) is 6.07 Å². The monoisotopic (exact) mass is 225 g/mol. The molecule has 2 aromatic rings. The first-order chi connectivity index (χ1) is 5.83. The van der Waals surface area contributed by atoms with Crippen LogP contribution >= 0.6 is 15.9 Å². The van der Waals surface area contributed by atoms with Crippen molar-refractivity contribution in [1.82, 2.24) is 9.61 Å². The van der Waals surface area contributed by atoms with Crippen LogP contribution in [0.3, 0.4) is 0 Å². The molecule has 0 bridgehead atoms. The summed E-state index contributed by atoms with van der Waals surface area (Å²) in [5.41, 5.74) is 7.61. The van der Waals surface area contributed by atoms with E-state index in [4.69, 9.17) is 5.73 Å². The minimum absolute atomic E-state index is 0.505. The lowest BCUT2D eigenvalue weighted by Crippen LogP contribution is -2.04. The average molecular weight is 226 g/mol. The Hall–Kier alpha value is -0.870. The minimum atomic E-state index is 0.505. The van der Waals surface area contributed by atoms with Gasteiger partial charge >= 0.3 is 0 Å². The lowest BCUT2D eigenvalue weighted by Gasteiger charge is -1.99. The van der Waals surface area contributed by atoms with E-state index in [2.05, 4.69) is 21.0 Å². The minimum Gasteiger partial charge on any atom is -0.325 e. The Labute approximate surface area is 78.3 Å². The highest BCUT2D eigenvalue weighted by atomic mass is 79.9. The van der Waals surface area contributed by atoms with E-state index >= 15 is 0 Å². The zero-order valence-electron chi connectivity index (χ0n) is 6.37. The van der Waals surface area contributed by atoms with Crippen molar-refractivity contribution < 1.29 is 0 Å². The van der Waals surface area contributed by atoms with E-state index in [1.807, 2.05) is 22.7 Å². The third kappa shape index (κ3) is 1.04. The summed E-state index contributed by atoms with van der Waals surface area (Å²) in [6.45, 7) is 0.505. The molecule has 0 atom stereocenters. The van der Waals surface area contributed by atoms with Crippen molar-refractivity contribution in [2.45, 2.75) is 6.54 Å². The van der Waals surface area contributed by atoms with Crippen LogP contribution in [0.15, 0.2) is 28.9 Å². The fraction of sp³-hybridized carbons (Fsp3) is 0.125. The second-order valence-corrected chi connectivity index (χ2v) is 3.37. The summed E-state index contributed by atoms with van der Waals surface area (Å²) in [4.78, 5) is 0. The molecule has 0 fully saturated rings. The maximum atomic E-state index is 5.55. The Balaban J connectivity index is 2.81. The van der Waals surface area contributed by atoms with E-state index < -0.39 is 0 Å². The van der Waals surface area contributed by atoms with Gasteiger partial charge < -0.3 is 5.73 Å². The van der Waals surface area contributed by atoms with Crippen LogP contribution in [0.5, 0.6) is 0 Å². The lowest BCUT2D eigenvalue weighted by molar-refractivity contribution is 0.850. The van der Waals surface area contributed by atoms with Gasteiger partial charge in [-0.2, -0.15) is 5.10 Å². The predicted molar refractivity (Wildman–Crippen MR) is 50.8 cm³/mol. The zero-order valence-corrected chi connectivity index (χ0v) is 7.95. The molecule has 2 aromatic heterocycles. The molecule has 0 saturated heterocycles. The molecule has 12 heavy (non-hydrogen) atoms. The molecule has 3 nitrogen and oxygen atoms in total. The Bertz CT molecular complexity index is 408. The molecule has 0 aromatic carbocycles. The highest BCUT2D eigenvalue weighted by Gasteiger charge is 2.02. The molecule has 62 valence electrons. The first kappa shape index (κ1) is 7.76. The van der Waals surface area contributed by atoms with Gasteiger partial charge in [0.1, 0.15) is 0 Å². The molecule has 0 aliphatic rings. The fourth-order valence-electron chi connectivity index (χ4n) is 1.19. The van der Waals surface area contributed by atoms with Crippen LogP contribution in [-0.4, -0.2) is 9.61 Å². The van der Waals surface area contributed by atoms with Crippen molar-refractivity contribution in [3.8, 4) is 0 Å². The first-order valence-corrected chi connectivity index (χ1v) is 4.43. The molecule has 2 heterocycles. The molecule has 0 saturated carbocycles. The fourth-order valence-corrected chi connectivity index (χ4v) is 1.58. The number of hydrogen-bond donors (Lipinski definition) is 1. The molecule has 4 heteroatoms. The number of halogens is 1. The van der Waals surface area contributed by atoms with Crippen LogP contribution in [-0.2, 0) is 6.54 Å². The van der Waals surface area contributed by atoms with E-state index in [0.717, 1.165) is 15.7 Å². The smallest absolute Gasteiger partial charge is 0.0807 e. The quantitative estimate of drug-likeness (QED) is 0.801. The van der Waals surface area contributed by atoms with E-state index in [1.54, 1.807) is 6.20 Å². The summed E-state index contributed by atoms with van der Waals surface area (Å²) in [7, 11) is 0. The normalized spacial score (nSPS) is 10.8. The number of nitrogens with zero attached hydrogens (tertiary/aromatic N) is 2. The standard InChI is InChI=1S/C8H8BrN3/c9-7-5-11-12-6(4-10)2-1-3-8(7)12/h1-3,5H,4,10H2. The number of pyridine rings is 1. The topological polar surface area (TPSA) is 43.3 Å². The van der Waals surface area contributed by atoms with E-state index in [1.165, 1.54) is 0 Å². The SMILES string of the molecule is NCc1cccc2c(Br)cnn12. The van der Waals surface area contributed by atoms with Crippen LogP contribution in [0.4, 0.5) is 0 Å². The van der Waals surface area contributed by atoms with Crippen molar-refractivity contribution >= 4 is 21.4 Å². The second kappa shape index (κ2) is 2.88. The summed E-state index contributed by atoms with van der Waals surface area (Å²) < 4.78 is 2.84. The first-order valence-electron chi connectivity index (χ1n) is 3.64. The molecule has 0 amide bonds. The largest absolute Gasteiger partial charge is 0.325 e. The van der Waals surface area contributed by atoms with Gasteiger partial charge in [0.15, 0.2) is 0 Å². The van der Waals surface area contributed by atoms with E-state index in [-0.39, 0.29) is 0 Å². The highest BCUT2D eigenvalue weighted by Crippen LogP contribution is 2.17. The van der Waals surface area contributed by atoms with Crippen molar-refractivity contribution in [2.24, 2.45) is 5.73 Å². The molecule has 0 aliphatic heterocycles. The van der Waals surface area contributed by atoms with Crippen molar-refractivity contribution in [3.63, 3.8) is 0 Å². The summed E-state index contributed by atoms with van der Waals surface area (Å²) in [5.74, 6) is 0. The van der Waals surface area contributed by atoms with E-state index in [9.17, 15) is 0 Å². The Morgan fingerprint density at radius 3 is 3.08 bits per heavy atom. The maximum absolute atomic E-state index is 5.55. The summed E-state index contributed by atoms with van der Waals surface area (Å²) in [6.07, 6.45) is 1.77. The zero-order chi connectivity index (χ0) is 8.55.